The number of carbonyl (C=O) groups excluding carboxylic acids is 1. The molecule has 4 nitrogen and oxygen atoms in total. The first-order valence-corrected chi connectivity index (χ1v) is 8.67. The molecule has 22 heavy (non-hydrogen) atoms. The van der Waals surface area contributed by atoms with E-state index in [1.165, 1.54) is 0 Å². The zero-order chi connectivity index (χ0) is 16.3. The number of thiophene rings is 1. The number of methoxy groups -OCH3 is 2. The van der Waals surface area contributed by atoms with Crippen LogP contribution in [-0.4, -0.2) is 32.1 Å². The summed E-state index contributed by atoms with van der Waals surface area (Å²) in [5.41, 5.74) is 0.615. The molecule has 0 radical (unpaired) electrons. The van der Waals surface area contributed by atoms with E-state index < -0.39 is 0 Å². The molecule has 1 heterocycles. The lowest BCUT2D eigenvalue weighted by Crippen LogP contribution is -2.29. The van der Waals surface area contributed by atoms with E-state index >= 15 is 0 Å². The summed E-state index contributed by atoms with van der Waals surface area (Å²) in [5.74, 6) is 1.15. The van der Waals surface area contributed by atoms with Gasteiger partial charge in [-0.15, -0.1) is 11.3 Å². The SMILES string of the molecule is COc1cc(I)c(C(=O)N(C)C(C)c2cccs2)cc1OC. The molecule has 0 saturated carbocycles. The number of hydrogen-bond acceptors (Lipinski definition) is 4. The molecule has 6 heteroatoms. The predicted octanol–water partition coefficient (Wildman–Crippen LogP) is 4.20. The molecule has 1 atom stereocenters. The average Bonchev–Trinajstić information content (AvgIpc) is 3.06. The van der Waals surface area contributed by atoms with Gasteiger partial charge in [0.1, 0.15) is 0 Å². The highest BCUT2D eigenvalue weighted by atomic mass is 127. The molecule has 0 spiro atoms. The topological polar surface area (TPSA) is 38.8 Å². The van der Waals surface area contributed by atoms with Crippen molar-refractivity contribution in [1.29, 1.82) is 0 Å². The summed E-state index contributed by atoms with van der Waals surface area (Å²) in [6.45, 7) is 2.03. The maximum atomic E-state index is 12.8. The molecule has 0 saturated heterocycles. The van der Waals surface area contributed by atoms with E-state index in [-0.39, 0.29) is 11.9 Å². The van der Waals surface area contributed by atoms with Gasteiger partial charge in [-0.1, -0.05) is 6.07 Å². The van der Waals surface area contributed by atoms with Crippen LogP contribution in [0.5, 0.6) is 11.5 Å². The zero-order valence-electron chi connectivity index (χ0n) is 12.9. The molecule has 0 N–H and O–H groups in total. The lowest BCUT2D eigenvalue weighted by atomic mass is 10.1. The first kappa shape index (κ1) is 17.1. The molecule has 1 amide bonds. The predicted molar refractivity (Wildman–Crippen MR) is 97.1 cm³/mol. The van der Waals surface area contributed by atoms with Gasteiger partial charge in [-0.05, 0) is 53.1 Å². The number of halogens is 1. The second-order valence-corrected chi connectivity index (χ2v) is 6.94. The first-order valence-electron chi connectivity index (χ1n) is 6.71. The second-order valence-electron chi connectivity index (χ2n) is 4.79. The van der Waals surface area contributed by atoms with Gasteiger partial charge in [0, 0.05) is 15.5 Å². The summed E-state index contributed by atoms with van der Waals surface area (Å²) in [4.78, 5) is 15.7. The van der Waals surface area contributed by atoms with Crippen molar-refractivity contribution in [2.75, 3.05) is 21.3 Å². The molecular weight excluding hydrogens is 413 g/mol. The summed E-state index contributed by atoms with van der Waals surface area (Å²) < 4.78 is 11.4. The van der Waals surface area contributed by atoms with Crippen LogP contribution in [0.1, 0.15) is 28.2 Å². The molecule has 1 aromatic heterocycles. The van der Waals surface area contributed by atoms with Crippen molar-refractivity contribution < 1.29 is 14.3 Å². The lowest BCUT2D eigenvalue weighted by Gasteiger charge is -2.25. The van der Waals surface area contributed by atoms with E-state index in [2.05, 4.69) is 22.6 Å². The minimum Gasteiger partial charge on any atom is -0.493 e. The Kier molecular flexibility index (Phi) is 5.69. The van der Waals surface area contributed by atoms with E-state index in [9.17, 15) is 4.79 Å². The largest absolute Gasteiger partial charge is 0.493 e. The fourth-order valence-corrected chi connectivity index (χ4v) is 3.60. The lowest BCUT2D eigenvalue weighted by molar-refractivity contribution is 0.0743. The minimum atomic E-state index is -0.0359. The van der Waals surface area contributed by atoms with Crippen LogP contribution in [0.3, 0.4) is 0 Å². The van der Waals surface area contributed by atoms with Crippen LogP contribution in [0.2, 0.25) is 0 Å². The Hall–Kier alpha value is -1.28. The molecule has 0 aliphatic rings. The highest BCUT2D eigenvalue weighted by Crippen LogP contribution is 2.33. The Morgan fingerprint density at radius 1 is 1.27 bits per heavy atom. The maximum absolute atomic E-state index is 12.8. The van der Waals surface area contributed by atoms with Crippen LogP contribution < -0.4 is 9.47 Å². The van der Waals surface area contributed by atoms with E-state index in [0.717, 1.165) is 8.45 Å². The number of ether oxygens (including phenoxy) is 2. The number of rotatable bonds is 5. The second kappa shape index (κ2) is 7.32. The van der Waals surface area contributed by atoms with Crippen molar-refractivity contribution in [3.8, 4) is 11.5 Å². The van der Waals surface area contributed by atoms with Gasteiger partial charge in [0.2, 0.25) is 0 Å². The highest BCUT2D eigenvalue weighted by molar-refractivity contribution is 14.1. The fraction of sp³-hybridized carbons (Fsp3) is 0.312. The average molecular weight is 431 g/mol. The number of nitrogens with zero attached hydrogens (tertiary/aromatic N) is 1. The van der Waals surface area contributed by atoms with Crippen molar-refractivity contribution in [3.05, 3.63) is 43.7 Å². The maximum Gasteiger partial charge on any atom is 0.255 e. The van der Waals surface area contributed by atoms with Crippen LogP contribution >= 0.6 is 33.9 Å². The number of benzene rings is 1. The smallest absolute Gasteiger partial charge is 0.255 e. The first-order chi connectivity index (χ1) is 10.5. The Morgan fingerprint density at radius 3 is 2.45 bits per heavy atom. The monoisotopic (exact) mass is 431 g/mol. The van der Waals surface area contributed by atoms with Crippen molar-refractivity contribution in [2.24, 2.45) is 0 Å². The Bertz CT molecular complexity index is 658. The number of amides is 1. The molecule has 2 aromatic rings. The van der Waals surface area contributed by atoms with Gasteiger partial charge < -0.3 is 14.4 Å². The molecule has 0 fully saturated rings. The van der Waals surface area contributed by atoms with Crippen molar-refractivity contribution in [3.63, 3.8) is 0 Å². The van der Waals surface area contributed by atoms with E-state index in [1.54, 1.807) is 36.5 Å². The minimum absolute atomic E-state index is 0.0244. The van der Waals surface area contributed by atoms with Crippen LogP contribution in [0.15, 0.2) is 29.6 Å². The molecule has 1 aromatic carbocycles. The third kappa shape index (κ3) is 3.38. The molecule has 2 rings (SSSR count). The van der Waals surface area contributed by atoms with E-state index in [4.69, 9.17) is 9.47 Å². The zero-order valence-corrected chi connectivity index (χ0v) is 15.9. The summed E-state index contributed by atoms with van der Waals surface area (Å²) in [7, 11) is 4.97. The van der Waals surface area contributed by atoms with Gasteiger partial charge >= 0.3 is 0 Å². The van der Waals surface area contributed by atoms with Gasteiger partial charge in [0.15, 0.2) is 11.5 Å². The molecular formula is C16H18INO3S. The molecule has 1 unspecified atom stereocenters. The molecule has 118 valence electrons. The van der Waals surface area contributed by atoms with Crippen molar-refractivity contribution in [1.82, 2.24) is 4.90 Å². The Morgan fingerprint density at radius 2 is 1.91 bits per heavy atom. The Balaban J connectivity index is 2.32. The van der Waals surface area contributed by atoms with Gasteiger partial charge in [0.05, 0.1) is 25.8 Å². The molecule has 0 aliphatic heterocycles. The normalized spacial score (nSPS) is 11.9. The summed E-state index contributed by atoms with van der Waals surface area (Å²) in [6, 6.07) is 7.61. The summed E-state index contributed by atoms with van der Waals surface area (Å²) >= 11 is 3.80. The Labute approximate surface area is 148 Å². The van der Waals surface area contributed by atoms with Crippen LogP contribution in [0.4, 0.5) is 0 Å². The van der Waals surface area contributed by atoms with E-state index in [0.29, 0.717) is 17.1 Å². The highest BCUT2D eigenvalue weighted by Gasteiger charge is 2.23. The summed E-state index contributed by atoms with van der Waals surface area (Å²) in [5, 5.41) is 2.02. The van der Waals surface area contributed by atoms with Gasteiger partial charge in [-0.3, -0.25) is 4.79 Å². The quantitative estimate of drug-likeness (QED) is 0.667. The summed E-state index contributed by atoms with van der Waals surface area (Å²) in [6.07, 6.45) is 0. The van der Waals surface area contributed by atoms with Gasteiger partial charge in [0.25, 0.3) is 5.91 Å². The molecule has 0 bridgehead atoms. The standard InChI is InChI=1S/C16H18INO3S/c1-10(15-6-5-7-22-15)18(2)16(19)11-8-13(20-3)14(21-4)9-12(11)17/h5-10H,1-4H3. The molecule has 0 aliphatic carbocycles. The third-order valence-electron chi connectivity index (χ3n) is 3.56. The third-order valence-corrected chi connectivity index (χ3v) is 5.49. The van der Waals surface area contributed by atoms with Gasteiger partial charge in [-0.2, -0.15) is 0 Å². The fourth-order valence-electron chi connectivity index (χ4n) is 2.10. The van der Waals surface area contributed by atoms with Crippen LogP contribution in [-0.2, 0) is 0 Å². The van der Waals surface area contributed by atoms with Gasteiger partial charge in [-0.25, -0.2) is 0 Å². The number of carbonyl (C=O) groups is 1. The van der Waals surface area contributed by atoms with Crippen molar-refractivity contribution in [2.45, 2.75) is 13.0 Å². The van der Waals surface area contributed by atoms with Crippen LogP contribution in [0, 0.1) is 3.57 Å². The van der Waals surface area contributed by atoms with E-state index in [1.807, 2.05) is 37.6 Å². The number of hydrogen-bond donors (Lipinski definition) is 0. The van der Waals surface area contributed by atoms with Crippen LogP contribution in [0.25, 0.3) is 0 Å². The van der Waals surface area contributed by atoms with Crippen molar-refractivity contribution >= 4 is 39.8 Å².